The second-order valence-corrected chi connectivity index (χ2v) is 15.8. The van der Waals surface area contributed by atoms with Crippen molar-refractivity contribution in [2.24, 2.45) is 0 Å². The maximum absolute atomic E-state index is 13.8. The third kappa shape index (κ3) is 8.08. The molecule has 53 heavy (non-hydrogen) atoms. The fraction of sp³-hybridized carbons (Fsp3) is 0.450. The minimum atomic E-state index is -0.320. The third-order valence-electron chi connectivity index (χ3n) is 10.1. The number of rotatable bonds is 10. The van der Waals surface area contributed by atoms with Crippen molar-refractivity contribution in [3.05, 3.63) is 88.7 Å². The smallest absolute Gasteiger partial charge is 0.320 e. The van der Waals surface area contributed by atoms with E-state index in [0.29, 0.717) is 35.7 Å². The van der Waals surface area contributed by atoms with E-state index in [2.05, 4.69) is 65.6 Å². The number of urea groups is 1. The number of piperidine rings is 1. The van der Waals surface area contributed by atoms with Crippen LogP contribution < -0.4 is 25.0 Å². The molecular weight excluding hydrogens is 690 g/mol. The Kier molecular flexibility index (Phi) is 10.5. The van der Waals surface area contributed by atoms with Crippen LogP contribution >= 0.6 is 11.6 Å². The van der Waals surface area contributed by atoms with Crippen LogP contribution in [0.3, 0.4) is 0 Å². The maximum atomic E-state index is 13.8. The molecule has 0 radical (unpaired) electrons. The number of nitrogens with one attached hydrogen (secondary N) is 2. The fourth-order valence-corrected chi connectivity index (χ4v) is 7.30. The van der Waals surface area contributed by atoms with Crippen LogP contribution in [-0.4, -0.2) is 75.1 Å². The molecule has 2 amide bonds. The van der Waals surface area contributed by atoms with Gasteiger partial charge in [0.1, 0.15) is 30.0 Å². The summed E-state index contributed by atoms with van der Waals surface area (Å²) in [6.45, 7) is 10.7. The first kappa shape index (κ1) is 36.5. The zero-order chi connectivity index (χ0) is 37.3. The highest BCUT2D eigenvalue weighted by Crippen LogP contribution is 2.39. The molecule has 5 aromatic rings. The van der Waals surface area contributed by atoms with Crippen molar-refractivity contribution in [1.82, 2.24) is 34.6 Å². The number of ether oxygens (including phenoxy) is 2. The summed E-state index contributed by atoms with van der Waals surface area (Å²) in [4.78, 5) is 18.1. The minimum absolute atomic E-state index is 0.173. The summed E-state index contributed by atoms with van der Waals surface area (Å²) in [6, 6.07) is 19.4. The molecule has 1 aliphatic heterocycles. The summed E-state index contributed by atoms with van der Waals surface area (Å²) in [7, 11) is 3.99. The van der Waals surface area contributed by atoms with Crippen molar-refractivity contribution in [2.75, 3.05) is 44.0 Å². The molecule has 12 nitrogen and oxygen atoms in total. The van der Waals surface area contributed by atoms with E-state index in [1.54, 1.807) is 10.7 Å². The minimum Gasteiger partial charge on any atom is -0.491 e. The zero-order valence-corrected chi connectivity index (χ0v) is 32.2. The van der Waals surface area contributed by atoms with Gasteiger partial charge in [0.05, 0.1) is 28.6 Å². The number of halogens is 1. The first-order chi connectivity index (χ1) is 25.4. The molecule has 1 fully saturated rings. The highest BCUT2D eigenvalue weighted by atomic mass is 35.5. The molecular formula is C40H50ClN9O3. The van der Waals surface area contributed by atoms with Gasteiger partial charge in [-0.3, -0.25) is 9.72 Å². The van der Waals surface area contributed by atoms with Crippen molar-refractivity contribution in [3.63, 3.8) is 0 Å². The number of pyridine rings is 1. The van der Waals surface area contributed by atoms with Gasteiger partial charge in [0.2, 0.25) is 5.95 Å². The lowest BCUT2D eigenvalue weighted by Crippen LogP contribution is -2.38. The fourth-order valence-electron chi connectivity index (χ4n) is 7.12. The average molecular weight is 740 g/mol. The highest BCUT2D eigenvalue weighted by molar-refractivity contribution is 6.32. The van der Waals surface area contributed by atoms with E-state index in [4.69, 9.17) is 26.2 Å². The lowest BCUT2D eigenvalue weighted by molar-refractivity contribution is 0.171. The van der Waals surface area contributed by atoms with Crippen molar-refractivity contribution in [2.45, 2.75) is 83.4 Å². The lowest BCUT2D eigenvalue weighted by atomic mass is 9.85. The van der Waals surface area contributed by atoms with Crippen molar-refractivity contribution >= 4 is 35.0 Å². The van der Waals surface area contributed by atoms with E-state index in [0.717, 1.165) is 72.2 Å². The molecule has 4 heterocycles. The van der Waals surface area contributed by atoms with Gasteiger partial charge < -0.3 is 24.6 Å². The van der Waals surface area contributed by atoms with Crippen LogP contribution in [0.25, 0.3) is 11.3 Å². The Morgan fingerprint density at radius 1 is 1.00 bits per heavy atom. The topological polar surface area (TPSA) is 114 Å². The van der Waals surface area contributed by atoms with Crippen LogP contribution in [0.4, 0.5) is 16.6 Å². The van der Waals surface area contributed by atoms with Gasteiger partial charge in [-0.2, -0.15) is 5.10 Å². The van der Waals surface area contributed by atoms with Crippen molar-refractivity contribution in [3.8, 4) is 17.2 Å². The van der Waals surface area contributed by atoms with Gasteiger partial charge in [0, 0.05) is 36.7 Å². The number of nitrogens with zero attached hydrogens (tertiary/aromatic N) is 7. The van der Waals surface area contributed by atoms with E-state index in [1.165, 1.54) is 6.42 Å². The average Bonchev–Trinajstić information content (AvgIpc) is 3.75. The van der Waals surface area contributed by atoms with Crippen LogP contribution in [0, 0.1) is 0 Å². The van der Waals surface area contributed by atoms with Crippen molar-refractivity contribution in [1.29, 1.82) is 0 Å². The molecule has 3 atom stereocenters. The number of aromatic nitrogens is 5. The summed E-state index contributed by atoms with van der Waals surface area (Å²) in [5.41, 5.74) is 4.20. The second-order valence-electron chi connectivity index (χ2n) is 15.4. The van der Waals surface area contributed by atoms with Gasteiger partial charge in [0.25, 0.3) is 0 Å². The van der Waals surface area contributed by atoms with E-state index in [9.17, 15) is 4.79 Å². The van der Waals surface area contributed by atoms with E-state index in [1.807, 2.05) is 72.1 Å². The molecule has 0 bridgehead atoms. The van der Waals surface area contributed by atoms with E-state index in [-0.39, 0.29) is 23.6 Å². The Balaban J connectivity index is 1.08. The standard InChI is InChI=1S/C40H50ClN9O3/c1-26-11-9-10-20-48(26)39-45-44-36-19-15-28(25-49(36)39)53-33-18-17-32(29-12-7-8-13-30(29)33)42-38(51)43-37-24-35(40(2,3)4)46-50(37)27-14-16-31(41)34(23-27)52-22-21-47(5)6/h7-8,12-16,19,23-26,32-33H,9-11,17-18,20-22H2,1-6H3,(H2,42,43,51)/t26-,32-,33+/m0/s1. The number of amides is 2. The second kappa shape index (κ2) is 15.3. The third-order valence-corrected chi connectivity index (χ3v) is 10.4. The molecule has 0 unspecified atom stereocenters. The number of carbonyl (C=O) groups is 1. The molecule has 2 N–H and O–H groups in total. The van der Waals surface area contributed by atoms with Gasteiger partial charge in [-0.1, -0.05) is 56.6 Å². The number of hydrogen-bond acceptors (Lipinski definition) is 8. The molecule has 1 aliphatic carbocycles. The summed E-state index contributed by atoms with van der Waals surface area (Å²) < 4.78 is 16.4. The van der Waals surface area contributed by atoms with Crippen LogP contribution in [0.2, 0.25) is 5.02 Å². The molecule has 3 aromatic heterocycles. The number of likely N-dealkylation sites (N-methyl/N-ethyl adjacent to an activating group) is 1. The summed E-state index contributed by atoms with van der Waals surface area (Å²) in [5.74, 6) is 2.71. The Hall–Kier alpha value is -4.81. The zero-order valence-electron chi connectivity index (χ0n) is 31.5. The Labute approximate surface area is 316 Å². The monoisotopic (exact) mass is 739 g/mol. The molecule has 2 aromatic carbocycles. The first-order valence-electron chi connectivity index (χ1n) is 18.6. The molecule has 13 heteroatoms. The van der Waals surface area contributed by atoms with Crippen LogP contribution in [-0.2, 0) is 5.41 Å². The van der Waals surface area contributed by atoms with Gasteiger partial charge in [-0.15, -0.1) is 10.2 Å². The molecule has 2 aliphatic rings. The van der Waals surface area contributed by atoms with Crippen molar-refractivity contribution < 1.29 is 14.3 Å². The number of fused-ring (bicyclic) bond motifs is 2. The Morgan fingerprint density at radius 3 is 2.58 bits per heavy atom. The lowest BCUT2D eigenvalue weighted by Gasteiger charge is -2.33. The molecule has 280 valence electrons. The Morgan fingerprint density at radius 2 is 1.81 bits per heavy atom. The van der Waals surface area contributed by atoms with E-state index < -0.39 is 0 Å². The quantitative estimate of drug-likeness (QED) is 0.148. The van der Waals surface area contributed by atoms with Crippen LogP contribution in [0.15, 0.2) is 66.9 Å². The molecule has 0 saturated carbocycles. The Bertz CT molecular complexity index is 2070. The van der Waals surface area contributed by atoms with Gasteiger partial charge >= 0.3 is 6.03 Å². The summed E-state index contributed by atoms with van der Waals surface area (Å²) in [6.07, 6.45) is 6.80. The first-order valence-corrected chi connectivity index (χ1v) is 18.9. The van der Waals surface area contributed by atoms with Gasteiger partial charge in [-0.25, -0.2) is 9.48 Å². The number of anilines is 2. The normalized spacial score (nSPS) is 18.9. The number of carbonyl (C=O) groups excluding carboxylic acids is 1. The molecule has 7 rings (SSSR count). The predicted octanol–water partition coefficient (Wildman–Crippen LogP) is 7.96. The van der Waals surface area contributed by atoms with Gasteiger partial charge in [-0.05, 0) is 88.5 Å². The SMILES string of the molecule is C[C@H]1CCCCN1c1nnc2ccc(O[C@@H]3CC[C@H](NC(=O)Nc4cc(C(C)(C)C)nn4-c4ccc(Cl)c(OCCN(C)C)c4)c4ccccc43)cn12. The van der Waals surface area contributed by atoms with Gasteiger partial charge in [0.15, 0.2) is 5.65 Å². The summed E-state index contributed by atoms with van der Waals surface area (Å²) >= 11 is 6.50. The van der Waals surface area contributed by atoms with Crippen LogP contribution in [0.5, 0.6) is 11.5 Å². The summed E-state index contributed by atoms with van der Waals surface area (Å²) in [5, 5.41) is 20.7. The highest BCUT2D eigenvalue weighted by Gasteiger charge is 2.31. The number of hydrogen-bond donors (Lipinski definition) is 2. The maximum Gasteiger partial charge on any atom is 0.320 e. The van der Waals surface area contributed by atoms with Crippen LogP contribution in [0.1, 0.15) is 88.8 Å². The molecule has 1 saturated heterocycles. The van der Waals surface area contributed by atoms with E-state index >= 15 is 0 Å². The number of benzene rings is 2. The largest absolute Gasteiger partial charge is 0.491 e. The molecule has 0 spiro atoms. The predicted molar refractivity (Wildman–Crippen MR) is 209 cm³/mol.